The molecule has 0 radical (unpaired) electrons. The zero-order valence-electron chi connectivity index (χ0n) is 13.8. The van der Waals surface area contributed by atoms with Crippen molar-refractivity contribution in [1.29, 1.82) is 0 Å². The third kappa shape index (κ3) is 3.03. The molecular formula is C21H14N3OP. The van der Waals surface area contributed by atoms with Crippen molar-refractivity contribution < 1.29 is 4.57 Å². The van der Waals surface area contributed by atoms with Gasteiger partial charge in [-0.2, -0.15) is 0 Å². The fourth-order valence-electron chi connectivity index (χ4n) is 2.94. The van der Waals surface area contributed by atoms with Crippen molar-refractivity contribution in [3.8, 4) is 33.6 Å². The lowest BCUT2D eigenvalue weighted by atomic mass is 9.95. The van der Waals surface area contributed by atoms with Gasteiger partial charge in [-0.25, -0.2) is 0 Å². The number of benzene rings is 3. The molecule has 0 spiro atoms. The molecule has 5 heteroatoms. The largest absolute Gasteiger partial charge is 0.269 e. The van der Waals surface area contributed by atoms with Gasteiger partial charge in [-0.05, 0) is 16.8 Å². The molecule has 4 nitrogen and oxygen atoms in total. The summed E-state index contributed by atoms with van der Waals surface area (Å²) in [7, 11) is -0.0544. The Hall–Kier alpha value is -3.23. The fourth-order valence-corrected chi connectivity index (χ4v) is 3.37. The zero-order chi connectivity index (χ0) is 17.8. The van der Waals surface area contributed by atoms with Crippen molar-refractivity contribution in [2.24, 2.45) is 0 Å². The van der Waals surface area contributed by atoms with E-state index in [1.807, 2.05) is 84.9 Å². The Morgan fingerprint density at radius 1 is 0.615 bits per heavy atom. The van der Waals surface area contributed by atoms with Crippen LogP contribution >= 0.6 is 8.46 Å². The van der Waals surface area contributed by atoms with Gasteiger partial charge in [0.05, 0.1) is 5.30 Å². The maximum Gasteiger partial charge on any atom is 0.193 e. The molecule has 0 atom stereocenters. The first-order chi connectivity index (χ1) is 12.9. The smallest absolute Gasteiger partial charge is 0.193 e. The minimum atomic E-state index is -0.0544. The quantitative estimate of drug-likeness (QED) is 0.494. The number of rotatable bonds is 4. The Labute approximate surface area is 152 Å². The third-order valence-corrected chi connectivity index (χ3v) is 4.72. The minimum Gasteiger partial charge on any atom is -0.269 e. The van der Waals surface area contributed by atoms with E-state index in [1.54, 1.807) is 0 Å². The molecule has 4 aromatic rings. The van der Waals surface area contributed by atoms with E-state index in [4.69, 9.17) is 0 Å². The molecule has 4 rings (SSSR count). The first kappa shape index (κ1) is 16.2. The summed E-state index contributed by atoms with van der Waals surface area (Å²) in [6, 6.07) is 27.4. The predicted octanol–water partition coefficient (Wildman–Crippen LogP) is 4.79. The lowest BCUT2D eigenvalue weighted by Gasteiger charge is -2.13. The highest BCUT2D eigenvalue weighted by atomic mass is 31.1. The fraction of sp³-hybridized carbons (Fsp3) is 0. The molecule has 0 aliphatic rings. The standard InChI is InChI=1S/C21H14N3OP/c25-26-18-14-8-7-13-17(18)21-19(15-9-3-1-4-10-15)20(22-24-23-21)16-11-5-2-6-12-16/h1-14H. The molecule has 1 aromatic heterocycles. The molecule has 0 N–H and O–H groups in total. The van der Waals surface area contributed by atoms with E-state index in [1.165, 1.54) is 0 Å². The first-order valence-electron chi connectivity index (χ1n) is 8.15. The third-order valence-electron chi connectivity index (χ3n) is 4.13. The molecule has 0 unspecified atom stereocenters. The number of nitrogens with zero attached hydrogens (tertiary/aromatic N) is 3. The maximum absolute atomic E-state index is 11.6. The minimum absolute atomic E-state index is 0.0544. The molecule has 0 aliphatic carbocycles. The monoisotopic (exact) mass is 355 g/mol. The average Bonchev–Trinajstić information content (AvgIpc) is 2.74. The van der Waals surface area contributed by atoms with Gasteiger partial charge in [0, 0.05) is 16.7 Å². The Morgan fingerprint density at radius 3 is 1.88 bits per heavy atom. The van der Waals surface area contributed by atoms with Crippen LogP contribution in [-0.2, 0) is 4.57 Å². The van der Waals surface area contributed by atoms with Crippen LogP contribution in [0.15, 0.2) is 84.9 Å². The summed E-state index contributed by atoms with van der Waals surface area (Å²) in [5, 5.41) is 13.3. The van der Waals surface area contributed by atoms with Crippen LogP contribution < -0.4 is 5.30 Å². The summed E-state index contributed by atoms with van der Waals surface area (Å²) in [6.45, 7) is 0. The van der Waals surface area contributed by atoms with Crippen LogP contribution in [0, 0.1) is 0 Å². The topological polar surface area (TPSA) is 55.7 Å². The van der Waals surface area contributed by atoms with Gasteiger partial charge in [0.15, 0.2) is 8.46 Å². The molecule has 26 heavy (non-hydrogen) atoms. The van der Waals surface area contributed by atoms with Gasteiger partial charge in [-0.3, -0.25) is 4.57 Å². The maximum atomic E-state index is 11.6. The van der Waals surface area contributed by atoms with Gasteiger partial charge in [0.25, 0.3) is 0 Å². The molecule has 0 fully saturated rings. The van der Waals surface area contributed by atoms with Gasteiger partial charge in [-0.15, -0.1) is 10.2 Å². The molecule has 0 bridgehead atoms. The van der Waals surface area contributed by atoms with E-state index in [2.05, 4.69) is 15.4 Å². The summed E-state index contributed by atoms with van der Waals surface area (Å²) in [5.41, 5.74) is 5.03. The second-order valence-corrected chi connectivity index (χ2v) is 6.37. The summed E-state index contributed by atoms with van der Waals surface area (Å²) in [5.74, 6) is 0. The molecule has 0 saturated heterocycles. The molecule has 124 valence electrons. The summed E-state index contributed by atoms with van der Waals surface area (Å²) >= 11 is 0. The van der Waals surface area contributed by atoms with E-state index in [0.29, 0.717) is 11.0 Å². The van der Waals surface area contributed by atoms with E-state index < -0.39 is 0 Å². The van der Waals surface area contributed by atoms with Crippen LogP contribution in [0.1, 0.15) is 0 Å². The van der Waals surface area contributed by atoms with Gasteiger partial charge in [0.1, 0.15) is 11.4 Å². The van der Waals surface area contributed by atoms with Gasteiger partial charge in [-0.1, -0.05) is 78.9 Å². The highest BCUT2D eigenvalue weighted by Gasteiger charge is 2.19. The van der Waals surface area contributed by atoms with Crippen LogP contribution in [0.3, 0.4) is 0 Å². The normalized spacial score (nSPS) is 10.8. The van der Waals surface area contributed by atoms with E-state index in [0.717, 1.165) is 27.9 Å². The van der Waals surface area contributed by atoms with Crippen LogP contribution in [0.2, 0.25) is 0 Å². The average molecular weight is 355 g/mol. The Kier molecular flexibility index (Phi) is 4.59. The van der Waals surface area contributed by atoms with Crippen molar-refractivity contribution in [2.75, 3.05) is 0 Å². The molecule has 3 aromatic carbocycles. The summed E-state index contributed by atoms with van der Waals surface area (Å²) < 4.78 is 11.6. The van der Waals surface area contributed by atoms with Gasteiger partial charge >= 0.3 is 0 Å². The lowest BCUT2D eigenvalue weighted by Crippen LogP contribution is -2.05. The highest BCUT2D eigenvalue weighted by Crippen LogP contribution is 2.36. The van der Waals surface area contributed by atoms with Crippen LogP contribution in [0.25, 0.3) is 33.6 Å². The van der Waals surface area contributed by atoms with E-state index in [-0.39, 0.29) is 8.46 Å². The second kappa shape index (κ2) is 7.34. The number of hydrogen-bond donors (Lipinski definition) is 0. The van der Waals surface area contributed by atoms with Crippen molar-refractivity contribution in [3.05, 3.63) is 84.9 Å². The SMILES string of the molecule is O=Pc1ccccc1-c1nnnc(-c2ccccc2)c1-c1ccccc1. The van der Waals surface area contributed by atoms with Crippen molar-refractivity contribution in [2.45, 2.75) is 0 Å². The van der Waals surface area contributed by atoms with Crippen LogP contribution in [0.5, 0.6) is 0 Å². The van der Waals surface area contributed by atoms with E-state index in [9.17, 15) is 4.57 Å². The first-order valence-corrected chi connectivity index (χ1v) is 8.96. The Bertz CT molecular complexity index is 1050. The molecule has 0 amide bonds. The van der Waals surface area contributed by atoms with Crippen LogP contribution in [-0.4, -0.2) is 15.4 Å². The van der Waals surface area contributed by atoms with Crippen molar-refractivity contribution in [1.82, 2.24) is 15.4 Å². The summed E-state index contributed by atoms with van der Waals surface area (Å²) in [6.07, 6.45) is 0. The van der Waals surface area contributed by atoms with Gasteiger partial charge < -0.3 is 0 Å². The number of hydrogen-bond acceptors (Lipinski definition) is 4. The Balaban J connectivity index is 2.06. The van der Waals surface area contributed by atoms with Crippen molar-refractivity contribution >= 4 is 13.8 Å². The highest BCUT2D eigenvalue weighted by molar-refractivity contribution is 7.34. The van der Waals surface area contributed by atoms with Crippen molar-refractivity contribution in [3.63, 3.8) is 0 Å². The zero-order valence-corrected chi connectivity index (χ0v) is 14.7. The molecule has 1 heterocycles. The molecule has 0 aliphatic heterocycles. The van der Waals surface area contributed by atoms with Gasteiger partial charge in [0.2, 0.25) is 0 Å². The Morgan fingerprint density at radius 2 is 1.19 bits per heavy atom. The molecular weight excluding hydrogens is 341 g/mol. The van der Waals surface area contributed by atoms with E-state index >= 15 is 0 Å². The second-order valence-electron chi connectivity index (χ2n) is 5.70. The molecule has 0 saturated carbocycles. The van der Waals surface area contributed by atoms with Crippen LogP contribution in [0.4, 0.5) is 0 Å². The number of aromatic nitrogens is 3. The lowest BCUT2D eigenvalue weighted by molar-refractivity contribution is 0.603. The summed E-state index contributed by atoms with van der Waals surface area (Å²) in [4.78, 5) is 0. The predicted molar refractivity (Wildman–Crippen MR) is 103 cm³/mol.